The second-order valence-electron chi connectivity index (χ2n) is 5.39. The predicted octanol–water partition coefficient (Wildman–Crippen LogP) is 3.55. The summed E-state index contributed by atoms with van der Waals surface area (Å²) < 4.78 is 1.30. The summed E-state index contributed by atoms with van der Waals surface area (Å²) >= 11 is 2.36. The summed E-state index contributed by atoms with van der Waals surface area (Å²) in [4.78, 5) is 2.59. The van der Waals surface area contributed by atoms with Gasteiger partial charge in [0.15, 0.2) is 0 Å². The molecule has 3 atom stereocenters. The van der Waals surface area contributed by atoms with Crippen molar-refractivity contribution in [2.24, 2.45) is 5.73 Å². The molecule has 1 aromatic rings. The van der Waals surface area contributed by atoms with Crippen LogP contribution in [0.3, 0.4) is 0 Å². The van der Waals surface area contributed by atoms with Gasteiger partial charge >= 0.3 is 0 Å². The number of nitrogens with two attached hydrogens (primary N) is 1. The first-order valence-corrected chi connectivity index (χ1v) is 7.94. The van der Waals surface area contributed by atoms with Crippen LogP contribution in [0.2, 0.25) is 0 Å². The maximum Gasteiger partial charge on any atom is 0.0323 e. The monoisotopic (exact) mass is 358 g/mol. The van der Waals surface area contributed by atoms with Gasteiger partial charge in [0, 0.05) is 21.7 Å². The summed E-state index contributed by atoms with van der Waals surface area (Å²) in [6, 6.07) is 10.1. The fourth-order valence-electron chi connectivity index (χ4n) is 2.96. The van der Waals surface area contributed by atoms with Crippen LogP contribution in [0.1, 0.15) is 44.7 Å². The lowest BCUT2D eigenvalue weighted by molar-refractivity contribution is 0.0890. The van der Waals surface area contributed by atoms with Crippen LogP contribution in [0.4, 0.5) is 0 Å². The molecule has 3 heteroatoms. The van der Waals surface area contributed by atoms with Gasteiger partial charge in [0.05, 0.1) is 0 Å². The van der Waals surface area contributed by atoms with E-state index in [9.17, 15) is 0 Å². The summed E-state index contributed by atoms with van der Waals surface area (Å²) in [5.41, 5.74) is 7.56. The Bertz CT molecular complexity index is 375. The zero-order valence-corrected chi connectivity index (χ0v) is 13.4. The molecule has 0 bridgehead atoms. The van der Waals surface area contributed by atoms with Gasteiger partial charge in [-0.3, -0.25) is 4.90 Å². The molecule has 0 radical (unpaired) electrons. The Labute approximate surface area is 124 Å². The van der Waals surface area contributed by atoms with Crippen LogP contribution in [0.25, 0.3) is 0 Å². The van der Waals surface area contributed by atoms with Crippen molar-refractivity contribution in [1.82, 2.24) is 4.90 Å². The van der Waals surface area contributed by atoms with E-state index < -0.39 is 0 Å². The third kappa shape index (κ3) is 3.25. The fraction of sp³-hybridized carbons (Fsp3) is 0.600. The minimum Gasteiger partial charge on any atom is -0.327 e. The lowest BCUT2D eigenvalue weighted by Gasteiger charge is -2.42. The molecule has 1 aliphatic heterocycles. The van der Waals surface area contributed by atoms with Gasteiger partial charge in [0.1, 0.15) is 0 Å². The average molecular weight is 358 g/mol. The molecule has 0 aromatic heterocycles. The first-order chi connectivity index (χ1) is 8.59. The highest BCUT2D eigenvalue weighted by atomic mass is 127. The fourth-order valence-corrected chi connectivity index (χ4v) is 3.32. The molecule has 1 heterocycles. The number of likely N-dealkylation sites (tertiary alicyclic amines) is 1. The Kier molecular flexibility index (Phi) is 5.04. The van der Waals surface area contributed by atoms with E-state index in [0.29, 0.717) is 12.1 Å². The summed E-state index contributed by atoms with van der Waals surface area (Å²) in [5.74, 6) is 0. The van der Waals surface area contributed by atoms with Crippen LogP contribution >= 0.6 is 22.6 Å². The van der Waals surface area contributed by atoms with Gasteiger partial charge in [0.2, 0.25) is 0 Å². The first-order valence-electron chi connectivity index (χ1n) is 6.86. The third-order valence-corrected chi connectivity index (χ3v) is 4.77. The molecule has 1 fully saturated rings. The minimum absolute atomic E-state index is 0.261. The van der Waals surface area contributed by atoms with Crippen molar-refractivity contribution in [3.63, 3.8) is 0 Å². The number of hydrogen-bond acceptors (Lipinski definition) is 2. The standard InChI is InChI=1S/C15H23IN2/c1-11(17)15-5-3-4-10-18(15)12(2)13-6-8-14(16)9-7-13/h6-9,11-12,15H,3-5,10,17H2,1-2H3. The van der Waals surface area contributed by atoms with Gasteiger partial charge in [-0.1, -0.05) is 18.6 Å². The van der Waals surface area contributed by atoms with E-state index in [-0.39, 0.29) is 6.04 Å². The molecule has 18 heavy (non-hydrogen) atoms. The number of benzene rings is 1. The van der Waals surface area contributed by atoms with E-state index in [4.69, 9.17) is 5.73 Å². The highest BCUT2D eigenvalue weighted by Crippen LogP contribution is 2.29. The average Bonchev–Trinajstić information content (AvgIpc) is 2.39. The SMILES string of the molecule is CC(N)C1CCCCN1C(C)c1ccc(I)cc1. The summed E-state index contributed by atoms with van der Waals surface area (Å²) in [6.07, 6.45) is 3.87. The van der Waals surface area contributed by atoms with Crippen molar-refractivity contribution in [1.29, 1.82) is 0 Å². The molecule has 0 amide bonds. The summed E-state index contributed by atoms with van der Waals surface area (Å²) in [6.45, 7) is 5.63. The highest BCUT2D eigenvalue weighted by molar-refractivity contribution is 14.1. The van der Waals surface area contributed by atoms with Gasteiger partial charge in [-0.15, -0.1) is 0 Å². The maximum absolute atomic E-state index is 6.15. The number of piperidine rings is 1. The smallest absolute Gasteiger partial charge is 0.0323 e. The second-order valence-corrected chi connectivity index (χ2v) is 6.63. The van der Waals surface area contributed by atoms with Crippen LogP contribution in [0.15, 0.2) is 24.3 Å². The number of hydrogen-bond donors (Lipinski definition) is 1. The molecule has 1 saturated heterocycles. The van der Waals surface area contributed by atoms with Crippen molar-refractivity contribution < 1.29 is 0 Å². The highest BCUT2D eigenvalue weighted by Gasteiger charge is 2.29. The third-order valence-electron chi connectivity index (χ3n) is 4.05. The molecular formula is C15H23IN2. The normalized spacial score (nSPS) is 24.8. The molecule has 0 aliphatic carbocycles. The first kappa shape index (κ1) is 14.3. The number of halogens is 1. The molecule has 3 unspecified atom stereocenters. The Balaban J connectivity index is 2.15. The molecule has 2 rings (SSSR count). The van der Waals surface area contributed by atoms with Crippen LogP contribution < -0.4 is 5.73 Å². The van der Waals surface area contributed by atoms with E-state index in [1.165, 1.54) is 34.9 Å². The maximum atomic E-state index is 6.15. The number of nitrogens with zero attached hydrogens (tertiary/aromatic N) is 1. The van der Waals surface area contributed by atoms with Gasteiger partial charge in [-0.25, -0.2) is 0 Å². The van der Waals surface area contributed by atoms with E-state index >= 15 is 0 Å². The molecule has 2 nitrogen and oxygen atoms in total. The lowest BCUT2D eigenvalue weighted by atomic mass is 9.93. The molecule has 0 saturated carbocycles. The van der Waals surface area contributed by atoms with Gasteiger partial charge in [-0.2, -0.15) is 0 Å². The molecular weight excluding hydrogens is 335 g/mol. The van der Waals surface area contributed by atoms with Gasteiger partial charge in [-0.05, 0) is 73.5 Å². The van der Waals surface area contributed by atoms with Crippen molar-refractivity contribution in [3.8, 4) is 0 Å². The Hall–Kier alpha value is -0.130. The minimum atomic E-state index is 0.261. The zero-order valence-electron chi connectivity index (χ0n) is 11.3. The van der Waals surface area contributed by atoms with Crippen LogP contribution in [0.5, 0.6) is 0 Å². The predicted molar refractivity (Wildman–Crippen MR) is 85.6 cm³/mol. The Morgan fingerprint density at radius 1 is 1.22 bits per heavy atom. The van der Waals surface area contributed by atoms with Crippen LogP contribution in [-0.2, 0) is 0 Å². The molecule has 0 spiro atoms. The Morgan fingerprint density at radius 2 is 1.89 bits per heavy atom. The molecule has 1 aromatic carbocycles. The van der Waals surface area contributed by atoms with Gasteiger partial charge < -0.3 is 5.73 Å². The number of rotatable bonds is 3. The zero-order chi connectivity index (χ0) is 13.1. The molecule has 100 valence electrons. The van der Waals surface area contributed by atoms with Crippen molar-refractivity contribution in [2.75, 3.05) is 6.54 Å². The van der Waals surface area contributed by atoms with E-state index in [1.54, 1.807) is 0 Å². The second kappa shape index (κ2) is 6.35. The summed E-state index contributed by atoms with van der Waals surface area (Å²) in [7, 11) is 0. The van der Waals surface area contributed by atoms with E-state index in [1.807, 2.05) is 0 Å². The molecule has 2 N–H and O–H groups in total. The van der Waals surface area contributed by atoms with E-state index in [2.05, 4.69) is 65.6 Å². The summed E-state index contributed by atoms with van der Waals surface area (Å²) in [5, 5.41) is 0. The van der Waals surface area contributed by atoms with Crippen molar-refractivity contribution >= 4 is 22.6 Å². The van der Waals surface area contributed by atoms with Crippen LogP contribution in [0, 0.1) is 3.57 Å². The lowest BCUT2D eigenvalue weighted by Crippen LogP contribution is -2.49. The molecule has 1 aliphatic rings. The van der Waals surface area contributed by atoms with Crippen molar-refractivity contribution in [3.05, 3.63) is 33.4 Å². The largest absolute Gasteiger partial charge is 0.327 e. The topological polar surface area (TPSA) is 29.3 Å². The Morgan fingerprint density at radius 3 is 2.50 bits per heavy atom. The van der Waals surface area contributed by atoms with Crippen molar-refractivity contribution in [2.45, 2.75) is 51.2 Å². The quantitative estimate of drug-likeness (QED) is 0.838. The van der Waals surface area contributed by atoms with Gasteiger partial charge in [0.25, 0.3) is 0 Å². The van der Waals surface area contributed by atoms with Crippen LogP contribution in [-0.4, -0.2) is 23.5 Å². The van der Waals surface area contributed by atoms with E-state index in [0.717, 1.165) is 0 Å².